The predicted octanol–water partition coefficient (Wildman–Crippen LogP) is -0.00356. The van der Waals surface area contributed by atoms with E-state index in [0.29, 0.717) is 12.3 Å². The van der Waals surface area contributed by atoms with E-state index in [1.54, 1.807) is 18.9 Å². The molecule has 3 N–H and O–H groups in total. The Morgan fingerprint density at radius 3 is 2.76 bits per heavy atom. The van der Waals surface area contributed by atoms with Crippen LogP contribution in [0, 0.1) is 19.8 Å². The maximum absolute atomic E-state index is 12.1. The molecule has 0 spiro atoms. The monoisotopic (exact) mass is 296 g/mol. The van der Waals surface area contributed by atoms with Gasteiger partial charge in [-0.05, 0) is 20.9 Å². The summed E-state index contributed by atoms with van der Waals surface area (Å²) in [7, 11) is 1.73. The number of aryl methyl sites for hydroxylation is 2. The van der Waals surface area contributed by atoms with Crippen LogP contribution in [0.15, 0.2) is 0 Å². The van der Waals surface area contributed by atoms with Crippen molar-refractivity contribution in [1.29, 1.82) is 0 Å². The first-order valence-electron chi connectivity index (χ1n) is 6.72. The summed E-state index contributed by atoms with van der Waals surface area (Å²) >= 11 is 0. The highest BCUT2D eigenvalue weighted by molar-refractivity contribution is 5.93. The largest absolute Gasteiger partial charge is 0.481 e. The van der Waals surface area contributed by atoms with Gasteiger partial charge in [-0.2, -0.15) is 5.10 Å². The molecule has 1 saturated heterocycles. The van der Waals surface area contributed by atoms with Gasteiger partial charge in [0.15, 0.2) is 0 Å². The van der Waals surface area contributed by atoms with Crippen molar-refractivity contribution in [1.82, 2.24) is 15.1 Å². The standard InChI is InChI=1S/C13H20N4O4/c1-7-12(8(2)16-15-7)14-11(18)4-17(3)10-6-21-5-9(10)13(19)20/h9-10H,4-6H2,1-3H3,(H,14,18)(H,15,16)(H,19,20). The molecule has 0 radical (unpaired) electrons. The molecule has 8 heteroatoms. The summed E-state index contributed by atoms with van der Waals surface area (Å²) < 4.78 is 5.21. The van der Waals surface area contributed by atoms with Gasteiger partial charge in [0, 0.05) is 6.04 Å². The molecule has 1 aromatic heterocycles. The number of H-pyrrole nitrogens is 1. The molecule has 116 valence electrons. The van der Waals surface area contributed by atoms with Crippen molar-refractivity contribution in [3.63, 3.8) is 0 Å². The average molecular weight is 296 g/mol. The van der Waals surface area contributed by atoms with Crippen molar-refractivity contribution >= 4 is 17.6 Å². The average Bonchev–Trinajstić information content (AvgIpc) is 3.01. The fourth-order valence-corrected chi connectivity index (χ4v) is 2.47. The lowest BCUT2D eigenvalue weighted by atomic mass is 10.0. The number of carbonyl (C=O) groups excluding carboxylic acids is 1. The molecule has 2 heterocycles. The molecule has 2 rings (SSSR count). The molecular weight excluding hydrogens is 276 g/mol. The topological polar surface area (TPSA) is 108 Å². The quantitative estimate of drug-likeness (QED) is 0.706. The lowest BCUT2D eigenvalue weighted by Gasteiger charge is -2.25. The van der Waals surface area contributed by atoms with Crippen molar-refractivity contribution in [2.24, 2.45) is 5.92 Å². The Morgan fingerprint density at radius 2 is 2.19 bits per heavy atom. The molecule has 8 nitrogen and oxygen atoms in total. The first kappa shape index (κ1) is 15.5. The number of amides is 1. The van der Waals surface area contributed by atoms with Crippen LogP contribution < -0.4 is 5.32 Å². The van der Waals surface area contributed by atoms with E-state index in [0.717, 1.165) is 11.4 Å². The normalized spacial score (nSPS) is 21.7. The predicted molar refractivity (Wildman–Crippen MR) is 75.1 cm³/mol. The van der Waals surface area contributed by atoms with Crippen LogP contribution in [0.25, 0.3) is 0 Å². The smallest absolute Gasteiger partial charge is 0.310 e. The second kappa shape index (κ2) is 6.23. The maximum atomic E-state index is 12.1. The minimum Gasteiger partial charge on any atom is -0.481 e. The van der Waals surface area contributed by atoms with Crippen LogP contribution in [0.5, 0.6) is 0 Å². The van der Waals surface area contributed by atoms with E-state index in [9.17, 15) is 9.59 Å². The van der Waals surface area contributed by atoms with Crippen LogP contribution in [0.1, 0.15) is 11.4 Å². The van der Waals surface area contributed by atoms with E-state index in [2.05, 4.69) is 15.5 Å². The number of hydrogen-bond acceptors (Lipinski definition) is 5. The molecule has 21 heavy (non-hydrogen) atoms. The first-order chi connectivity index (χ1) is 9.90. The summed E-state index contributed by atoms with van der Waals surface area (Å²) in [5.74, 6) is -1.70. The fraction of sp³-hybridized carbons (Fsp3) is 0.615. The Labute approximate surface area is 122 Å². The summed E-state index contributed by atoms with van der Waals surface area (Å²) in [6.07, 6.45) is 0. The number of carboxylic acids is 1. The lowest BCUT2D eigenvalue weighted by Crippen LogP contribution is -2.44. The summed E-state index contributed by atoms with van der Waals surface area (Å²) in [5, 5.41) is 18.7. The Bertz CT molecular complexity index is 523. The van der Waals surface area contributed by atoms with Gasteiger partial charge in [0.05, 0.1) is 42.8 Å². The minimum absolute atomic E-state index is 0.0991. The number of rotatable bonds is 5. The van der Waals surface area contributed by atoms with E-state index in [1.807, 2.05) is 6.92 Å². The molecule has 0 bridgehead atoms. The van der Waals surface area contributed by atoms with Gasteiger partial charge in [0.25, 0.3) is 0 Å². The van der Waals surface area contributed by atoms with E-state index in [4.69, 9.17) is 9.84 Å². The van der Waals surface area contributed by atoms with E-state index < -0.39 is 11.9 Å². The summed E-state index contributed by atoms with van der Waals surface area (Å²) in [5.41, 5.74) is 2.18. The highest BCUT2D eigenvalue weighted by atomic mass is 16.5. The second-order valence-corrected chi connectivity index (χ2v) is 5.32. The van der Waals surface area contributed by atoms with Crippen LogP contribution in [-0.4, -0.2) is 64.9 Å². The molecule has 0 aromatic carbocycles. The third-order valence-electron chi connectivity index (χ3n) is 3.72. The Balaban J connectivity index is 1.95. The molecule has 1 aliphatic heterocycles. The maximum Gasteiger partial charge on any atom is 0.310 e. The van der Waals surface area contributed by atoms with Crippen LogP contribution in [0.3, 0.4) is 0 Å². The number of aliphatic carboxylic acids is 1. The SMILES string of the molecule is Cc1n[nH]c(C)c1NC(=O)CN(C)C1COCC1C(=O)O. The number of nitrogens with one attached hydrogen (secondary N) is 2. The van der Waals surface area contributed by atoms with Crippen LogP contribution in [-0.2, 0) is 14.3 Å². The highest BCUT2D eigenvalue weighted by Gasteiger charge is 2.37. The van der Waals surface area contributed by atoms with Gasteiger partial charge in [0.1, 0.15) is 0 Å². The van der Waals surface area contributed by atoms with Gasteiger partial charge in [0.2, 0.25) is 5.91 Å². The fourth-order valence-electron chi connectivity index (χ4n) is 2.47. The van der Waals surface area contributed by atoms with E-state index in [-0.39, 0.29) is 25.1 Å². The number of nitrogens with zero attached hydrogens (tertiary/aromatic N) is 2. The lowest BCUT2D eigenvalue weighted by molar-refractivity contribution is -0.143. The number of likely N-dealkylation sites (N-methyl/N-ethyl adjacent to an activating group) is 1. The van der Waals surface area contributed by atoms with Crippen LogP contribution in [0.2, 0.25) is 0 Å². The zero-order valence-corrected chi connectivity index (χ0v) is 12.3. The number of aromatic nitrogens is 2. The first-order valence-corrected chi connectivity index (χ1v) is 6.72. The molecule has 1 aromatic rings. The van der Waals surface area contributed by atoms with E-state index >= 15 is 0 Å². The molecular formula is C13H20N4O4. The number of hydrogen-bond donors (Lipinski definition) is 3. The third-order valence-corrected chi connectivity index (χ3v) is 3.72. The summed E-state index contributed by atoms with van der Waals surface area (Å²) in [4.78, 5) is 24.9. The van der Waals surface area contributed by atoms with Crippen molar-refractivity contribution in [3.8, 4) is 0 Å². The molecule has 0 aliphatic carbocycles. The van der Waals surface area contributed by atoms with Crippen molar-refractivity contribution in [3.05, 3.63) is 11.4 Å². The molecule has 1 aliphatic rings. The van der Waals surface area contributed by atoms with E-state index in [1.165, 1.54) is 0 Å². The Kier molecular flexibility index (Phi) is 4.59. The van der Waals surface area contributed by atoms with Gasteiger partial charge in [-0.3, -0.25) is 19.6 Å². The van der Waals surface area contributed by atoms with Crippen molar-refractivity contribution in [2.45, 2.75) is 19.9 Å². The van der Waals surface area contributed by atoms with Gasteiger partial charge >= 0.3 is 5.97 Å². The molecule has 1 amide bonds. The summed E-state index contributed by atoms with van der Waals surface area (Å²) in [6.45, 7) is 4.23. The summed E-state index contributed by atoms with van der Waals surface area (Å²) in [6, 6.07) is -0.292. The van der Waals surface area contributed by atoms with Crippen LogP contribution >= 0.6 is 0 Å². The Hall–Kier alpha value is -1.93. The number of aromatic amines is 1. The van der Waals surface area contributed by atoms with Crippen LogP contribution in [0.4, 0.5) is 5.69 Å². The van der Waals surface area contributed by atoms with Gasteiger partial charge < -0.3 is 15.2 Å². The molecule has 2 atom stereocenters. The number of carbonyl (C=O) groups is 2. The molecule has 2 unspecified atom stereocenters. The van der Waals surface area contributed by atoms with Gasteiger partial charge in [-0.15, -0.1) is 0 Å². The minimum atomic E-state index is -0.897. The molecule has 1 fully saturated rings. The van der Waals surface area contributed by atoms with Gasteiger partial charge in [-0.1, -0.05) is 0 Å². The second-order valence-electron chi connectivity index (χ2n) is 5.32. The van der Waals surface area contributed by atoms with Crippen molar-refractivity contribution < 1.29 is 19.4 Å². The Morgan fingerprint density at radius 1 is 1.48 bits per heavy atom. The number of anilines is 1. The zero-order chi connectivity index (χ0) is 15.6. The van der Waals surface area contributed by atoms with Gasteiger partial charge in [-0.25, -0.2) is 0 Å². The number of ether oxygens (including phenoxy) is 1. The highest BCUT2D eigenvalue weighted by Crippen LogP contribution is 2.20. The number of carboxylic acid groups (broad SMARTS) is 1. The molecule has 0 saturated carbocycles. The van der Waals surface area contributed by atoms with Crippen molar-refractivity contribution in [2.75, 3.05) is 32.1 Å². The zero-order valence-electron chi connectivity index (χ0n) is 12.3. The third kappa shape index (κ3) is 3.40.